The van der Waals surface area contributed by atoms with E-state index in [0.717, 1.165) is 45.0 Å². The topological polar surface area (TPSA) is 168 Å². The molecule has 0 heterocycles. The van der Waals surface area contributed by atoms with Crippen molar-refractivity contribution in [3.63, 3.8) is 0 Å². The van der Waals surface area contributed by atoms with Gasteiger partial charge in [0.1, 0.15) is 18.2 Å². The van der Waals surface area contributed by atoms with Gasteiger partial charge in [-0.1, -0.05) is 330 Å². The Morgan fingerprint density at radius 1 is 0.429 bits per heavy atom. The molecule has 2 amide bonds. The van der Waals surface area contributed by atoms with E-state index in [1.807, 2.05) is 250 Å². The first kappa shape index (κ1) is 86.9. The number of Topliss-reactive ketones (excluding diaryl/α,β-unsaturated/α-hetero) is 2. The Morgan fingerprint density at radius 2 is 0.745 bits per heavy atom. The Kier molecular flexibility index (Phi) is 43.1. The fourth-order valence-corrected chi connectivity index (χ4v) is 11.2. The molecule has 8 aromatic rings. The number of rotatable bonds is 23. The summed E-state index contributed by atoms with van der Waals surface area (Å²) in [5.41, 5.74) is 13.4. The van der Waals surface area contributed by atoms with Crippen LogP contribution in [0.1, 0.15) is 192 Å². The standard InChI is InChI=1S/C17H19NO.C14H17NO.C12H16O2.C11H15F.C11H15NO.C11H14O2.C10H14.CH4/c1-13(2)16(14-9-5-3-6-10-14)17(19)18-15-11-7-4-8-12-15;1-11(2)14(13(16)9-10-15-3)12-7-5-4-6-8-12;1-9(2)12(11(14)8-13)10-6-4-3-5-7-10;1-8(2)9(3)10-6-4-5-7-11(10)12;2*1-8(2)10(11(12)13)9-6-4-3-5-7-9;1-9(2)8-10-6-4-3-5-7-10;/h3-13,16H,1-2H3,(H,18,19);4-8,11,14H,9-10H2,1-2H3;3-7,9,12-13H,8H2,1-2H3;4-9H,1-3H3;3-8,10H,1-2H3,(H2,12,13);3-8,10H,1-2H3,(H,12,13);3-7,9H,8H2,1-2H3;1H4. The molecule has 0 spiro atoms. The highest BCUT2D eigenvalue weighted by Gasteiger charge is 2.27. The van der Waals surface area contributed by atoms with Gasteiger partial charge in [-0.2, -0.15) is 0 Å². The van der Waals surface area contributed by atoms with Crippen LogP contribution in [0.25, 0.3) is 4.85 Å². The number of nitrogens with two attached hydrogens (primary N) is 1. The van der Waals surface area contributed by atoms with Crippen LogP contribution >= 0.6 is 0 Å². The number of halogens is 1. The minimum Gasteiger partial charge on any atom is -0.481 e. The van der Waals surface area contributed by atoms with E-state index >= 15 is 0 Å². The van der Waals surface area contributed by atoms with Crippen LogP contribution in [0.15, 0.2) is 237 Å². The third-order valence-corrected chi connectivity index (χ3v) is 16.2. The van der Waals surface area contributed by atoms with Crippen LogP contribution in [-0.4, -0.2) is 52.7 Å². The number of hydrogen-bond donors (Lipinski definition) is 4. The van der Waals surface area contributed by atoms with Crippen molar-refractivity contribution in [2.24, 2.45) is 47.2 Å². The lowest BCUT2D eigenvalue weighted by atomic mass is 9.84. The van der Waals surface area contributed by atoms with Gasteiger partial charge in [0.2, 0.25) is 18.4 Å². The molecule has 6 unspecified atom stereocenters. The Morgan fingerprint density at radius 3 is 1.06 bits per heavy atom. The van der Waals surface area contributed by atoms with Crippen molar-refractivity contribution < 1.29 is 38.6 Å². The number of carboxylic acids is 1. The molecule has 98 heavy (non-hydrogen) atoms. The molecule has 0 fully saturated rings. The summed E-state index contributed by atoms with van der Waals surface area (Å²) in [5, 5.41) is 20.8. The SMILES string of the molecule is C.CC(C)C(C(=O)CO)c1ccccc1.CC(C)C(C(=O)Nc1ccccc1)c1ccccc1.CC(C)C(C(=O)O)c1ccccc1.CC(C)C(C(N)=O)c1ccccc1.CC(C)C(C)c1ccccc1F.CC(C)Cc1ccccc1.[C-]#[N+]CCC(=O)C(c1ccccc1)C(C)C. The molecule has 0 aromatic heterocycles. The molecule has 8 aromatic carbocycles. The quantitative estimate of drug-likeness (QED) is 0.0462. The number of nitrogens with zero attached hydrogens (tertiary/aromatic N) is 1. The summed E-state index contributed by atoms with van der Waals surface area (Å²) >= 11 is 0. The van der Waals surface area contributed by atoms with Gasteiger partial charge in [-0.3, -0.25) is 24.0 Å². The van der Waals surface area contributed by atoms with Crippen molar-refractivity contribution in [3.05, 3.63) is 293 Å². The lowest BCUT2D eigenvalue weighted by Gasteiger charge is -2.20. The third-order valence-electron chi connectivity index (χ3n) is 16.2. The minimum absolute atomic E-state index is 0. The highest BCUT2D eigenvalue weighted by Crippen LogP contribution is 2.30. The predicted octanol–water partition coefficient (Wildman–Crippen LogP) is 20.9. The normalized spacial score (nSPS) is 12.3. The van der Waals surface area contributed by atoms with Crippen molar-refractivity contribution in [1.29, 1.82) is 0 Å². The van der Waals surface area contributed by atoms with Gasteiger partial charge in [0.15, 0.2) is 5.78 Å². The number of amides is 2. The van der Waals surface area contributed by atoms with E-state index < -0.39 is 5.97 Å². The van der Waals surface area contributed by atoms with E-state index in [1.165, 1.54) is 18.1 Å². The summed E-state index contributed by atoms with van der Waals surface area (Å²) < 4.78 is 13.2. The number of para-hydroxylation sites is 1. The zero-order chi connectivity index (χ0) is 72.4. The van der Waals surface area contributed by atoms with Gasteiger partial charge in [-0.15, -0.1) is 0 Å². The third kappa shape index (κ3) is 32.8. The van der Waals surface area contributed by atoms with Gasteiger partial charge in [-0.05, 0) is 111 Å². The average Bonchev–Trinajstić information content (AvgIpc) is 1.48. The number of aliphatic hydroxyl groups is 1. The number of aliphatic carboxylic acids is 1. The van der Waals surface area contributed by atoms with E-state index in [1.54, 1.807) is 6.07 Å². The molecule has 0 aliphatic carbocycles. The summed E-state index contributed by atoms with van der Waals surface area (Å²) in [6, 6.07) is 75.6. The molecule has 6 atom stereocenters. The van der Waals surface area contributed by atoms with Gasteiger partial charge < -0.3 is 26.1 Å². The number of ketones is 2. The van der Waals surface area contributed by atoms with Gasteiger partial charge in [0.05, 0.1) is 24.2 Å². The first-order chi connectivity index (χ1) is 46.2. The number of aliphatic hydroxyl groups excluding tert-OH is 1. The molecule has 0 aliphatic rings. The van der Waals surface area contributed by atoms with Crippen LogP contribution in [0.5, 0.6) is 0 Å². The molecular weight excluding hydrogens is 1220 g/mol. The monoisotopic (exact) mass is 1330 g/mol. The van der Waals surface area contributed by atoms with Crippen molar-refractivity contribution in [1.82, 2.24) is 0 Å². The number of primary amides is 1. The van der Waals surface area contributed by atoms with Gasteiger partial charge in [-0.25, -0.2) is 11.0 Å². The molecule has 0 radical (unpaired) electrons. The van der Waals surface area contributed by atoms with Crippen LogP contribution in [0.2, 0.25) is 0 Å². The summed E-state index contributed by atoms with van der Waals surface area (Å²) in [5.74, 6) is 0.795. The molecule has 0 bridgehead atoms. The van der Waals surface area contributed by atoms with Gasteiger partial charge in [0.25, 0.3) is 0 Å². The maximum Gasteiger partial charge on any atom is 0.311 e. The Labute approximate surface area is 588 Å². The fraction of sp³-hybridized carbons (Fsp3) is 0.379. The number of carbonyl (C=O) groups is 5. The van der Waals surface area contributed by atoms with Crippen LogP contribution in [0.3, 0.4) is 0 Å². The summed E-state index contributed by atoms with van der Waals surface area (Å²) in [6.45, 7) is 37.5. The molecule has 0 saturated heterocycles. The van der Waals surface area contributed by atoms with Crippen LogP contribution in [-0.2, 0) is 30.4 Å². The highest BCUT2D eigenvalue weighted by atomic mass is 19.1. The average molecular weight is 1330 g/mol. The van der Waals surface area contributed by atoms with Crippen molar-refractivity contribution >= 4 is 35.0 Å². The second-order valence-corrected chi connectivity index (χ2v) is 26.6. The van der Waals surface area contributed by atoms with E-state index in [-0.39, 0.29) is 102 Å². The molecule has 11 heteroatoms. The first-order valence-corrected chi connectivity index (χ1v) is 34.1. The Hall–Kier alpha value is -9.11. The lowest BCUT2D eigenvalue weighted by molar-refractivity contribution is -0.140. The zero-order valence-corrected chi connectivity index (χ0v) is 60.2. The first-order valence-electron chi connectivity index (χ1n) is 34.1. The van der Waals surface area contributed by atoms with Crippen LogP contribution in [0, 0.1) is 53.8 Å². The largest absolute Gasteiger partial charge is 0.481 e. The van der Waals surface area contributed by atoms with E-state index in [2.05, 4.69) is 89.0 Å². The summed E-state index contributed by atoms with van der Waals surface area (Å²) in [6.07, 6.45) is 1.56. The minimum atomic E-state index is -0.749. The molecule has 8 rings (SSSR count). The Bertz CT molecular complexity index is 3410. The zero-order valence-electron chi connectivity index (χ0n) is 60.2. The number of hydrogen-bond acceptors (Lipinski definition) is 6. The lowest BCUT2D eigenvalue weighted by Crippen LogP contribution is -2.25. The van der Waals surface area contributed by atoms with Crippen molar-refractivity contribution in [2.75, 3.05) is 18.5 Å². The second kappa shape index (κ2) is 48.6. The van der Waals surface area contributed by atoms with Gasteiger partial charge in [0, 0.05) is 17.5 Å². The molecule has 5 N–H and O–H groups in total. The number of carboxylic acid groups (broad SMARTS) is 1. The van der Waals surface area contributed by atoms with E-state index in [0.29, 0.717) is 24.8 Å². The number of carbonyl (C=O) groups excluding carboxylic acids is 4. The highest BCUT2D eigenvalue weighted by molar-refractivity contribution is 5.96. The maximum absolute atomic E-state index is 13.2. The molecular formula is C87H114FN3O7. The van der Waals surface area contributed by atoms with E-state index in [4.69, 9.17) is 22.5 Å². The molecule has 0 aliphatic heterocycles. The van der Waals surface area contributed by atoms with Gasteiger partial charge >= 0.3 is 5.97 Å². The van der Waals surface area contributed by atoms with E-state index in [9.17, 15) is 28.4 Å². The second-order valence-electron chi connectivity index (χ2n) is 26.6. The summed E-state index contributed by atoms with van der Waals surface area (Å²) in [7, 11) is 0. The number of anilines is 1. The molecule has 526 valence electrons. The number of benzene rings is 8. The van der Waals surface area contributed by atoms with Crippen molar-refractivity contribution in [3.8, 4) is 0 Å². The Balaban J connectivity index is 0.000000575. The number of nitrogens with one attached hydrogen (secondary N) is 1. The smallest absolute Gasteiger partial charge is 0.311 e. The van der Waals surface area contributed by atoms with Crippen LogP contribution in [0.4, 0.5) is 10.1 Å². The predicted molar refractivity (Wildman–Crippen MR) is 407 cm³/mol. The van der Waals surface area contributed by atoms with Crippen LogP contribution < -0.4 is 11.1 Å². The van der Waals surface area contributed by atoms with Crippen molar-refractivity contribution in [2.45, 2.75) is 160 Å². The maximum atomic E-state index is 13.2. The fourth-order valence-electron chi connectivity index (χ4n) is 11.2. The summed E-state index contributed by atoms with van der Waals surface area (Å²) in [4.78, 5) is 61.3. The molecule has 10 nitrogen and oxygen atoms in total. The molecule has 0 saturated carbocycles.